The van der Waals surface area contributed by atoms with E-state index in [1.807, 2.05) is 0 Å². The molecule has 2 unspecified atom stereocenters. The van der Waals surface area contributed by atoms with E-state index in [9.17, 15) is 5.11 Å². The summed E-state index contributed by atoms with van der Waals surface area (Å²) in [6.45, 7) is 6.82. The Balaban J connectivity index is 3.28. The van der Waals surface area contributed by atoms with Crippen molar-refractivity contribution in [3.63, 3.8) is 0 Å². The molecule has 0 aromatic rings. The van der Waals surface area contributed by atoms with E-state index < -0.39 is 0 Å². The summed E-state index contributed by atoms with van der Waals surface area (Å²) in [5.74, 6) is 0.494. The van der Waals surface area contributed by atoms with Gasteiger partial charge in [0, 0.05) is 0 Å². The molecule has 0 aromatic heterocycles. The molecule has 1 nitrogen and oxygen atoms in total. The van der Waals surface area contributed by atoms with E-state index in [1.54, 1.807) is 0 Å². The van der Waals surface area contributed by atoms with Crippen molar-refractivity contribution >= 4 is 0 Å². The van der Waals surface area contributed by atoms with Crippen LogP contribution in [0.25, 0.3) is 0 Å². The second kappa shape index (κ2) is 22.3. The first kappa shape index (κ1) is 27.0. The molecule has 0 bridgehead atoms. The first-order valence-electron chi connectivity index (χ1n) is 12.9. The first-order chi connectivity index (χ1) is 13.2. The van der Waals surface area contributed by atoms with Gasteiger partial charge >= 0.3 is 0 Å². The van der Waals surface area contributed by atoms with Crippen molar-refractivity contribution in [2.75, 3.05) is 0 Å². The molecule has 0 heterocycles. The number of unbranched alkanes of at least 4 members (excludes halogenated alkanes) is 17. The molecule has 164 valence electrons. The molecular formula is C26H54O. The highest BCUT2D eigenvalue weighted by molar-refractivity contribution is 4.65. The predicted molar refractivity (Wildman–Crippen MR) is 123 cm³/mol. The Bertz CT molecular complexity index is 263. The third-order valence-corrected chi connectivity index (χ3v) is 6.27. The lowest BCUT2D eigenvalue weighted by atomic mass is 9.93. The Hall–Kier alpha value is -0.0400. The highest BCUT2D eigenvalue weighted by Gasteiger charge is 2.13. The van der Waals surface area contributed by atoms with Gasteiger partial charge in [-0.15, -0.1) is 0 Å². The minimum atomic E-state index is -0.0618. The fourth-order valence-electron chi connectivity index (χ4n) is 4.09. The van der Waals surface area contributed by atoms with Gasteiger partial charge in [-0.05, 0) is 18.8 Å². The Kier molecular flexibility index (Phi) is 22.2. The van der Waals surface area contributed by atoms with Crippen LogP contribution in [0.3, 0.4) is 0 Å². The highest BCUT2D eigenvalue weighted by Crippen LogP contribution is 2.19. The summed E-state index contributed by atoms with van der Waals surface area (Å²) in [6, 6.07) is 0. The highest BCUT2D eigenvalue weighted by atomic mass is 16.3. The van der Waals surface area contributed by atoms with Crippen molar-refractivity contribution in [2.24, 2.45) is 5.92 Å². The van der Waals surface area contributed by atoms with Gasteiger partial charge in [0.25, 0.3) is 0 Å². The summed E-state index contributed by atoms with van der Waals surface area (Å²) >= 11 is 0. The number of hydrogen-bond donors (Lipinski definition) is 1. The third kappa shape index (κ3) is 20.5. The molecule has 0 amide bonds. The second-order valence-corrected chi connectivity index (χ2v) is 9.13. The van der Waals surface area contributed by atoms with Gasteiger partial charge in [0.1, 0.15) is 0 Å². The first-order valence-corrected chi connectivity index (χ1v) is 12.9. The van der Waals surface area contributed by atoms with Gasteiger partial charge in [-0.3, -0.25) is 0 Å². The van der Waals surface area contributed by atoms with Crippen molar-refractivity contribution in [3.8, 4) is 0 Å². The fourth-order valence-corrected chi connectivity index (χ4v) is 4.09. The molecule has 0 rings (SSSR count). The molecule has 0 saturated heterocycles. The summed E-state index contributed by atoms with van der Waals surface area (Å²) < 4.78 is 0. The lowest BCUT2D eigenvalue weighted by molar-refractivity contribution is 0.0985. The van der Waals surface area contributed by atoms with Crippen LogP contribution >= 0.6 is 0 Å². The zero-order valence-corrected chi connectivity index (χ0v) is 19.5. The van der Waals surface area contributed by atoms with Gasteiger partial charge in [-0.1, -0.05) is 143 Å². The Labute approximate surface area is 173 Å². The summed E-state index contributed by atoms with van der Waals surface area (Å²) in [6.07, 6.45) is 28.5. The Morgan fingerprint density at radius 1 is 0.444 bits per heavy atom. The molecule has 0 aromatic carbocycles. The van der Waals surface area contributed by atoms with E-state index in [0.717, 1.165) is 6.42 Å². The van der Waals surface area contributed by atoms with Crippen LogP contribution in [0, 0.1) is 5.92 Å². The Morgan fingerprint density at radius 3 is 1.11 bits per heavy atom. The maximum atomic E-state index is 10.4. The average Bonchev–Trinajstić information content (AvgIpc) is 2.67. The van der Waals surface area contributed by atoms with E-state index in [2.05, 4.69) is 20.8 Å². The van der Waals surface area contributed by atoms with Crippen molar-refractivity contribution in [1.82, 2.24) is 0 Å². The van der Waals surface area contributed by atoms with Crippen LogP contribution in [-0.2, 0) is 0 Å². The van der Waals surface area contributed by atoms with E-state index in [-0.39, 0.29) is 6.10 Å². The van der Waals surface area contributed by atoms with Gasteiger partial charge in [-0.2, -0.15) is 0 Å². The minimum absolute atomic E-state index is 0.0618. The van der Waals surface area contributed by atoms with Crippen LogP contribution in [0.4, 0.5) is 0 Å². The van der Waals surface area contributed by atoms with Crippen molar-refractivity contribution in [2.45, 2.75) is 162 Å². The molecule has 0 spiro atoms. The molecular weight excluding hydrogens is 328 g/mol. The van der Waals surface area contributed by atoms with Gasteiger partial charge in [0.05, 0.1) is 6.10 Å². The number of rotatable bonds is 22. The molecule has 0 saturated carbocycles. The van der Waals surface area contributed by atoms with Crippen LogP contribution < -0.4 is 0 Å². The van der Waals surface area contributed by atoms with Gasteiger partial charge in [0.2, 0.25) is 0 Å². The van der Waals surface area contributed by atoms with Crippen LogP contribution in [0.5, 0.6) is 0 Å². The quantitative estimate of drug-likeness (QED) is 0.185. The lowest BCUT2D eigenvalue weighted by Gasteiger charge is -2.18. The maximum Gasteiger partial charge on any atom is 0.0565 e. The molecule has 27 heavy (non-hydrogen) atoms. The van der Waals surface area contributed by atoms with E-state index in [4.69, 9.17) is 0 Å². The molecule has 0 aliphatic carbocycles. The number of aliphatic hydroxyl groups excluding tert-OH is 1. The topological polar surface area (TPSA) is 20.2 Å². The zero-order chi connectivity index (χ0) is 20.0. The summed E-state index contributed by atoms with van der Waals surface area (Å²) in [5, 5.41) is 10.4. The molecule has 0 aliphatic rings. The second-order valence-electron chi connectivity index (χ2n) is 9.13. The van der Waals surface area contributed by atoms with Crippen molar-refractivity contribution in [3.05, 3.63) is 0 Å². The van der Waals surface area contributed by atoms with E-state index in [0.29, 0.717) is 5.92 Å². The largest absolute Gasteiger partial charge is 0.393 e. The van der Waals surface area contributed by atoms with Gasteiger partial charge < -0.3 is 5.11 Å². The Morgan fingerprint density at radius 2 is 0.741 bits per heavy atom. The normalized spacial score (nSPS) is 13.8. The van der Waals surface area contributed by atoms with Gasteiger partial charge in [0.15, 0.2) is 0 Å². The maximum absolute atomic E-state index is 10.4. The monoisotopic (exact) mass is 382 g/mol. The molecule has 0 fully saturated rings. The lowest BCUT2D eigenvalue weighted by Crippen LogP contribution is -2.17. The molecule has 0 aliphatic heterocycles. The van der Waals surface area contributed by atoms with Crippen LogP contribution in [0.15, 0.2) is 0 Å². The van der Waals surface area contributed by atoms with Gasteiger partial charge in [-0.25, -0.2) is 0 Å². The molecule has 1 heteroatoms. The number of aliphatic hydroxyl groups is 1. The molecule has 1 N–H and O–H groups in total. The summed E-state index contributed by atoms with van der Waals surface area (Å²) in [5.41, 5.74) is 0. The molecule has 2 atom stereocenters. The average molecular weight is 383 g/mol. The van der Waals surface area contributed by atoms with Crippen LogP contribution in [0.1, 0.15) is 156 Å². The zero-order valence-electron chi connectivity index (χ0n) is 19.5. The smallest absolute Gasteiger partial charge is 0.0565 e. The predicted octanol–water partition coefficient (Wildman–Crippen LogP) is 9.22. The SMILES string of the molecule is CCCCCCCCCCCCCCC(O)C(C)CCCCCCCCC. The van der Waals surface area contributed by atoms with Crippen molar-refractivity contribution in [1.29, 1.82) is 0 Å². The summed E-state index contributed by atoms with van der Waals surface area (Å²) in [7, 11) is 0. The third-order valence-electron chi connectivity index (χ3n) is 6.27. The van der Waals surface area contributed by atoms with E-state index in [1.165, 1.54) is 128 Å². The molecule has 0 radical (unpaired) electrons. The van der Waals surface area contributed by atoms with Crippen LogP contribution in [0.2, 0.25) is 0 Å². The standard InChI is InChI=1S/C26H54O/c1-4-6-8-10-12-13-14-15-16-18-20-22-24-26(27)25(3)23-21-19-17-11-9-7-5-2/h25-27H,4-24H2,1-3H3. The van der Waals surface area contributed by atoms with E-state index >= 15 is 0 Å². The number of hydrogen-bond acceptors (Lipinski definition) is 1. The minimum Gasteiger partial charge on any atom is -0.393 e. The fraction of sp³-hybridized carbons (Fsp3) is 1.00. The van der Waals surface area contributed by atoms with Crippen LogP contribution in [-0.4, -0.2) is 11.2 Å². The van der Waals surface area contributed by atoms with Crippen molar-refractivity contribution < 1.29 is 5.11 Å². The summed E-state index contributed by atoms with van der Waals surface area (Å²) in [4.78, 5) is 0.